The third kappa shape index (κ3) is 6.58. The quantitative estimate of drug-likeness (QED) is 0.479. The highest BCUT2D eigenvalue weighted by Gasteiger charge is 2.34. The van der Waals surface area contributed by atoms with Gasteiger partial charge in [-0.15, -0.1) is 0 Å². The van der Waals surface area contributed by atoms with Gasteiger partial charge in [0.15, 0.2) is 0 Å². The van der Waals surface area contributed by atoms with Gasteiger partial charge in [-0.1, -0.05) is 0 Å². The lowest BCUT2D eigenvalue weighted by Gasteiger charge is -2.13. The van der Waals surface area contributed by atoms with Crippen LogP contribution in [0.4, 0.5) is 12.3 Å². The van der Waals surface area contributed by atoms with E-state index in [1.54, 1.807) is 19.0 Å². The van der Waals surface area contributed by atoms with E-state index in [1.807, 2.05) is 0 Å². The first-order valence-electron chi connectivity index (χ1n) is 3.34. The van der Waals surface area contributed by atoms with Crippen LogP contribution < -0.4 is 0 Å². The van der Waals surface area contributed by atoms with E-state index in [9.17, 15) is 12.3 Å². The lowest BCUT2D eigenvalue weighted by atomic mass is 10.7. The van der Waals surface area contributed by atoms with Gasteiger partial charge in [0.25, 0.3) is 9.85 Å². The molecule has 6 heteroatoms. The lowest BCUT2D eigenvalue weighted by molar-refractivity contribution is 0.418. The van der Waals surface area contributed by atoms with E-state index in [0.717, 1.165) is 0 Å². The molecule has 2 radical (unpaired) electrons. The molecular weight excluding hydrogens is 187 g/mol. The van der Waals surface area contributed by atoms with E-state index in [-0.39, 0.29) is 6.04 Å². The second-order valence-corrected chi connectivity index (χ2v) is 6.61. The molecule has 0 amide bonds. The largest absolute Gasteiger partial charge is 0.425 e. The molecule has 66 valence electrons. The van der Waals surface area contributed by atoms with Crippen LogP contribution in [0, 0.1) is 0 Å². The Morgan fingerprint density at radius 2 is 1.91 bits per heavy atom. The molecule has 11 heavy (non-hydrogen) atoms. The smallest absolute Gasteiger partial charge is 0.315 e. The highest BCUT2D eigenvalue weighted by molar-refractivity contribution is 6.73. The van der Waals surface area contributed by atoms with Crippen LogP contribution in [0.15, 0.2) is 0 Å². The van der Waals surface area contributed by atoms with Crippen molar-refractivity contribution in [3.63, 3.8) is 0 Å². The maximum atomic E-state index is 12.7. The zero-order valence-electron chi connectivity index (χ0n) is 6.70. The maximum absolute atomic E-state index is 12.7. The highest BCUT2D eigenvalue weighted by atomic mass is 28.4. The average Bonchev–Trinajstić information content (AvgIpc) is 1.84. The molecule has 0 aromatic carbocycles. The van der Waals surface area contributed by atoms with Crippen LogP contribution in [0.2, 0.25) is 11.7 Å². The molecule has 0 aromatic rings. The molecule has 0 aromatic heterocycles. The highest BCUT2D eigenvalue weighted by Crippen LogP contribution is 2.18. The SMILES string of the molecule is CN(C)CC[Si](F)(F)C[Si]F. The molecule has 0 rings (SSSR count). The van der Waals surface area contributed by atoms with Crippen molar-refractivity contribution >= 4 is 18.6 Å². The van der Waals surface area contributed by atoms with Crippen molar-refractivity contribution in [1.29, 1.82) is 0 Å². The summed E-state index contributed by atoms with van der Waals surface area (Å²) in [5.41, 5.74) is -0.485. The second-order valence-electron chi connectivity index (χ2n) is 2.72. The predicted octanol–water partition coefficient (Wildman–Crippen LogP) is 1.48. The summed E-state index contributed by atoms with van der Waals surface area (Å²) in [6.07, 6.45) is 0. The first-order valence-corrected chi connectivity index (χ1v) is 6.59. The Morgan fingerprint density at radius 1 is 1.36 bits per heavy atom. The van der Waals surface area contributed by atoms with Crippen molar-refractivity contribution in [3.05, 3.63) is 0 Å². The molecule has 0 spiro atoms. The van der Waals surface area contributed by atoms with Crippen LogP contribution in [-0.4, -0.2) is 44.1 Å². The standard InChI is InChI=1S/C5H12F3NSi2/c1-9(2)3-4-11(7,8)5-10-6/h3-5H2,1-2H3. The molecule has 0 atom stereocenters. The van der Waals surface area contributed by atoms with Crippen LogP contribution in [0.1, 0.15) is 0 Å². The molecule has 0 N–H and O–H groups in total. The van der Waals surface area contributed by atoms with Crippen molar-refractivity contribution in [2.75, 3.05) is 20.6 Å². The second kappa shape index (κ2) is 4.94. The van der Waals surface area contributed by atoms with Gasteiger partial charge in [-0.05, 0) is 14.1 Å². The first kappa shape index (κ1) is 11.2. The predicted molar refractivity (Wildman–Crippen MR) is 43.0 cm³/mol. The van der Waals surface area contributed by atoms with Crippen molar-refractivity contribution in [1.82, 2.24) is 4.90 Å². The van der Waals surface area contributed by atoms with Crippen LogP contribution in [0.5, 0.6) is 0 Å². The Morgan fingerprint density at radius 3 is 2.27 bits per heavy atom. The van der Waals surface area contributed by atoms with Gasteiger partial charge in [0.2, 0.25) is 0 Å². The molecule has 0 fully saturated rings. The van der Waals surface area contributed by atoms with Gasteiger partial charge < -0.3 is 9.01 Å². The molecule has 0 unspecified atom stereocenters. The van der Waals surface area contributed by atoms with E-state index in [1.165, 1.54) is 0 Å². The first-order chi connectivity index (χ1) is 4.98. The van der Waals surface area contributed by atoms with Crippen LogP contribution in [0.25, 0.3) is 0 Å². The summed E-state index contributed by atoms with van der Waals surface area (Å²) >= 11 is 0. The zero-order valence-corrected chi connectivity index (χ0v) is 8.70. The van der Waals surface area contributed by atoms with Gasteiger partial charge >= 0.3 is 8.74 Å². The summed E-state index contributed by atoms with van der Waals surface area (Å²) in [7, 11) is -1.79. The van der Waals surface area contributed by atoms with Gasteiger partial charge in [0, 0.05) is 18.3 Å². The molecule has 0 aliphatic carbocycles. The third-order valence-electron chi connectivity index (χ3n) is 1.25. The number of nitrogens with zero attached hydrogens (tertiary/aromatic N) is 1. The van der Waals surface area contributed by atoms with Crippen molar-refractivity contribution in [3.8, 4) is 0 Å². The maximum Gasteiger partial charge on any atom is 0.425 e. The summed E-state index contributed by atoms with van der Waals surface area (Å²) in [6.45, 7) is 0.365. The molecule has 0 bridgehead atoms. The minimum atomic E-state index is -4.17. The summed E-state index contributed by atoms with van der Waals surface area (Å²) in [5.74, 6) is 0. The number of halogens is 3. The van der Waals surface area contributed by atoms with E-state index in [0.29, 0.717) is 6.54 Å². The normalized spacial score (nSPS) is 12.5. The van der Waals surface area contributed by atoms with Crippen LogP contribution in [0.3, 0.4) is 0 Å². The van der Waals surface area contributed by atoms with Crippen molar-refractivity contribution in [2.24, 2.45) is 0 Å². The zero-order chi connectivity index (χ0) is 8.91. The molecule has 1 nitrogen and oxygen atoms in total. The van der Waals surface area contributed by atoms with Gasteiger partial charge in [0.05, 0.1) is 0 Å². The Kier molecular flexibility index (Phi) is 5.02. The van der Waals surface area contributed by atoms with Crippen LogP contribution in [-0.2, 0) is 0 Å². The molecule has 0 aliphatic rings. The summed E-state index contributed by atoms with van der Waals surface area (Å²) in [6, 6.07) is -0.114. The topological polar surface area (TPSA) is 3.24 Å². The lowest BCUT2D eigenvalue weighted by Crippen LogP contribution is -2.29. The number of hydrogen-bond acceptors (Lipinski definition) is 1. The van der Waals surface area contributed by atoms with Crippen LogP contribution >= 0.6 is 0 Å². The Bertz CT molecular complexity index is 110. The minimum absolute atomic E-state index is 0.114. The number of rotatable bonds is 5. The summed E-state index contributed by atoms with van der Waals surface area (Å²) in [4.78, 5) is 1.70. The fourth-order valence-corrected chi connectivity index (χ4v) is 2.84. The minimum Gasteiger partial charge on any atom is -0.315 e. The van der Waals surface area contributed by atoms with E-state index >= 15 is 0 Å². The molecule has 0 heterocycles. The molecule has 0 saturated heterocycles. The van der Waals surface area contributed by atoms with E-state index in [4.69, 9.17) is 0 Å². The molecular formula is C5H12F3NSi2. The van der Waals surface area contributed by atoms with Gasteiger partial charge in [-0.25, -0.2) is 0 Å². The van der Waals surface area contributed by atoms with Gasteiger partial charge in [0.1, 0.15) is 0 Å². The van der Waals surface area contributed by atoms with Crippen molar-refractivity contribution in [2.45, 2.75) is 11.7 Å². The van der Waals surface area contributed by atoms with E-state index < -0.39 is 24.3 Å². The summed E-state index contributed by atoms with van der Waals surface area (Å²) in [5, 5.41) is 0. The van der Waals surface area contributed by atoms with E-state index in [2.05, 4.69) is 0 Å². The fourth-order valence-electron chi connectivity index (χ4n) is 0.573. The fraction of sp³-hybridized carbons (Fsp3) is 1.00. The van der Waals surface area contributed by atoms with Crippen molar-refractivity contribution < 1.29 is 12.3 Å². The molecule has 0 saturated carbocycles. The third-order valence-corrected chi connectivity index (χ3v) is 4.81. The molecule has 0 aliphatic heterocycles. The van der Waals surface area contributed by atoms with Gasteiger partial charge in [-0.3, -0.25) is 8.22 Å². The summed E-state index contributed by atoms with van der Waals surface area (Å²) < 4.78 is 36.9. The number of hydrogen-bond donors (Lipinski definition) is 0. The van der Waals surface area contributed by atoms with Gasteiger partial charge in [-0.2, -0.15) is 0 Å². The Balaban J connectivity index is 3.54. The Labute approximate surface area is 68.9 Å². The monoisotopic (exact) mass is 199 g/mol. The Hall–Kier alpha value is 0.184. The average molecular weight is 199 g/mol.